The molecule has 0 atom stereocenters. The van der Waals surface area contributed by atoms with Crippen LogP contribution in [0.25, 0.3) is 0 Å². The first-order valence-electron chi connectivity index (χ1n) is 4.72. The molecule has 0 bridgehead atoms. The Hall–Kier alpha value is -0.980. The molecular weight excluding hydrogens is 212 g/mol. The number of anilines is 1. The number of hydrogen-bond donors (Lipinski definition) is 2. The molecule has 0 fully saturated rings. The normalized spacial score (nSPS) is 10.7. The third-order valence-electron chi connectivity index (χ3n) is 1.78. The molecule has 0 unspecified atom stereocenters. The highest BCUT2D eigenvalue weighted by molar-refractivity contribution is 7.13. The number of aromatic nitrogens is 1. The lowest BCUT2D eigenvalue weighted by molar-refractivity contribution is -0.114. The first kappa shape index (κ1) is 12.1. The van der Waals surface area contributed by atoms with Crippen molar-refractivity contribution in [3.05, 3.63) is 11.1 Å². The van der Waals surface area contributed by atoms with E-state index in [4.69, 9.17) is 5.73 Å². The van der Waals surface area contributed by atoms with E-state index in [9.17, 15) is 4.79 Å². The van der Waals surface area contributed by atoms with E-state index in [1.165, 1.54) is 18.3 Å². The van der Waals surface area contributed by atoms with E-state index >= 15 is 0 Å². The van der Waals surface area contributed by atoms with Crippen molar-refractivity contribution in [1.82, 2.24) is 9.88 Å². The molecule has 0 aliphatic rings. The zero-order chi connectivity index (χ0) is 11.3. The summed E-state index contributed by atoms with van der Waals surface area (Å²) in [6.45, 7) is 3.71. The fourth-order valence-corrected chi connectivity index (χ4v) is 1.91. The van der Waals surface area contributed by atoms with Gasteiger partial charge in [-0.25, -0.2) is 4.98 Å². The second-order valence-electron chi connectivity index (χ2n) is 3.35. The Labute approximate surface area is 93.3 Å². The maximum absolute atomic E-state index is 10.8. The summed E-state index contributed by atoms with van der Waals surface area (Å²) >= 11 is 1.44. The summed E-state index contributed by atoms with van der Waals surface area (Å²) in [6, 6.07) is 0. The van der Waals surface area contributed by atoms with Crippen LogP contribution in [0, 0.1) is 0 Å². The standard InChI is InChI=1S/C9H16N4OS/c1-7(14)11-9-12-8(6-15-9)5-13(2)4-3-10/h6H,3-5,10H2,1-2H3,(H,11,12,14). The van der Waals surface area contributed by atoms with Crippen LogP contribution in [0.15, 0.2) is 5.38 Å². The molecule has 1 heterocycles. The minimum Gasteiger partial charge on any atom is -0.329 e. The maximum Gasteiger partial charge on any atom is 0.223 e. The monoisotopic (exact) mass is 228 g/mol. The Balaban J connectivity index is 2.48. The van der Waals surface area contributed by atoms with Crippen LogP contribution in [0.3, 0.4) is 0 Å². The third kappa shape index (κ3) is 4.37. The van der Waals surface area contributed by atoms with Crippen LogP contribution in [0.1, 0.15) is 12.6 Å². The Morgan fingerprint density at radius 1 is 1.73 bits per heavy atom. The van der Waals surface area contributed by atoms with Crippen molar-refractivity contribution in [2.75, 3.05) is 25.5 Å². The van der Waals surface area contributed by atoms with E-state index in [-0.39, 0.29) is 5.91 Å². The molecule has 1 amide bonds. The van der Waals surface area contributed by atoms with Crippen molar-refractivity contribution in [2.45, 2.75) is 13.5 Å². The van der Waals surface area contributed by atoms with E-state index in [1.807, 2.05) is 12.4 Å². The minimum atomic E-state index is -0.0915. The van der Waals surface area contributed by atoms with Gasteiger partial charge in [0.05, 0.1) is 5.69 Å². The number of nitrogens with one attached hydrogen (secondary N) is 1. The molecule has 0 saturated carbocycles. The predicted octanol–water partition coefficient (Wildman–Crippen LogP) is 0.492. The van der Waals surface area contributed by atoms with E-state index < -0.39 is 0 Å². The summed E-state index contributed by atoms with van der Waals surface area (Å²) in [5.41, 5.74) is 6.40. The molecule has 1 rings (SSSR count). The van der Waals surface area contributed by atoms with Crippen LogP contribution in [0.4, 0.5) is 5.13 Å². The molecular formula is C9H16N4OS. The Kier molecular flexibility index (Phi) is 4.67. The van der Waals surface area contributed by atoms with Gasteiger partial charge in [-0.05, 0) is 7.05 Å². The highest BCUT2D eigenvalue weighted by Gasteiger charge is 2.05. The number of hydrogen-bond acceptors (Lipinski definition) is 5. The molecule has 3 N–H and O–H groups in total. The second-order valence-corrected chi connectivity index (χ2v) is 4.21. The van der Waals surface area contributed by atoms with Crippen LogP contribution in [0.5, 0.6) is 0 Å². The van der Waals surface area contributed by atoms with Gasteiger partial charge in [0.2, 0.25) is 5.91 Å². The highest BCUT2D eigenvalue weighted by atomic mass is 32.1. The van der Waals surface area contributed by atoms with Gasteiger partial charge >= 0.3 is 0 Å². The lowest BCUT2D eigenvalue weighted by atomic mass is 10.4. The predicted molar refractivity (Wildman–Crippen MR) is 61.8 cm³/mol. The van der Waals surface area contributed by atoms with Crippen molar-refractivity contribution in [3.63, 3.8) is 0 Å². The van der Waals surface area contributed by atoms with Gasteiger partial charge in [-0.15, -0.1) is 11.3 Å². The lowest BCUT2D eigenvalue weighted by Gasteiger charge is -2.12. The van der Waals surface area contributed by atoms with Crippen LogP contribution in [0.2, 0.25) is 0 Å². The molecule has 0 saturated heterocycles. The molecule has 0 aliphatic heterocycles. The van der Waals surface area contributed by atoms with Crippen molar-refractivity contribution >= 4 is 22.4 Å². The highest BCUT2D eigenvalue weighted by Crippen LogP contribution is 2.16. The van der Waals surface area contributed by atoms with E-state index in [0.29, 0.717) is 11.7 Å². The number of carbonyl (C=O) groups excluding carboxylic acids is 1. The van der Waals surface area contributed by atoms with Crippen molar-refractivity contribution < 1.29 is 4.79 Å². The maximum atomic E-state index is 10.8. The smallest absolute Gasteiger partial charge is 0.223 e. The first-order chi connectivity index (χ1) is 7.11. The number of carbonyl (C=O) groups is 1. The molecule has 5 nitrogen and oxygen atoms in total. The quantitative estimate of drug-likeness (QED) is 0.769. The average Bonchev–Trinajstić information content (AvgIpc) is 2.51. The molecule has 84 valence electrons. The molecule has 0 aliphatic carbocycles. The van der Waals surface area contributed by atoms with E-state index in [0.717, 1.165) is 18.8 Å². The molecule has 1 aromatic heterocycles. The Morgan fingerprint density at radius 3 is 3.07 bits per heavy atom. The summed E-state index contributed by atoms with van der Waals surface area (Å²) in [4.78, 5) is 17.1. The van der Waals surface area contributed by atoms with Gasteiger partial charge in [-0.3, -0.25) is 9.69 Å². The van der Waals surface area contributed by atoms with E-state index in [1.54, 1.807) is 0 Å². The number of amides is 1. The summed E-state index contributed by atoms with van der Waals surface area (Å²) in [7, 11) is 1.99. The number of likely N-dealkylation sites (N-methyl/N-ethyl adjacent to an activating group) is 1. The Bertz CT molecular complexity index is 326. The van der Waals surface area contributed by atoms with Crippen molar-refractivity contribution in [3.8, 4) is 0 Å². The minimum absolute atomic E-state index is 0.0915. The fourth-order valence-electron chi connectivity index (χ4n) is 1.16. The summed E-state index contributed by atoms with van der Waals surface area (Å²) in [6.07, 6.45) is 0. The molecule has 0 spiro atoms. The van der Waals surface area contributed by atoms with Crippen LogP contribution in [-0.2, 0) is 11.3 Å². The van der Waals surface area contributed by atoms with Gasteiger partial charge in [0.15, 0.2) is 5.13 Å². The largest absolute Gasteiger partial charge is 0.329 e. The average molecular weight is 228 g/mol. The zero-order valence-corrected chi connectivity index (χ0v) is 9.80. The second kappa shape index (κ2) is 5.79. The summed E-state index contributed by atoms with van der Waals surface area (Å²) in [5.74, 6) is -0.0915. The molecule has 1 aromatic rings. The van der Waals surface area contributed by atoms with Crippen LogP contribution in [-0.4, -0.2) is 35.9 Å². The number of nitrogens with zero attached hydrogens (tertiary/aromatic N) is 2. The molecule has 15 heavy (non-hydrogen) atoms. The SMILES string of the molecule is CC(=O)Nc1nc(CN(C)CCN)cs1. The number of rotatable bonds is 5. The molecule has 6 heteroatoms. The van der Waals surface area contributed by atoms with Crippen LogP contribution < -0.4 is 11.1 Å². The van der Waals surface area contributed by atoms with Crippen molar-refractivity contribution in [1.29, 1.82) is 0 Å². The van der Waals surface area contributed by atoms with Gasteiger partial charge in [0, 0.05) is 31.9 Å². The number of nitrogens with two attached hydrogens (primary N) is 1. The van der Waals surface area contributed by atoms with Gasteiger partial charge in [0.25, 0.3) is 0 Å². The third-order valence-corrected chi connectivity index (χ3v) is 2.58. The zero-order valence-electron chi connectivity index (χ0n) is 8.99. The number of thiazole rings is 1. The van der Waals surface area contributed by atoms with Crippen molar-refractivity contribution in [2.24, 2.45) is 5.73 Å². The van der Waals surface area contributed by atoms with Crippen LogP contribution >= 0.6 is 11.3 Å². The summed E-state index contributed by atoms with van der Waals surface area (Å²) in [5, 5.41) is 5.25. The van der Waals surface area contributed by atoms with Gasteiger partial charge < -0.3 is 11.1 Å². The Morgan fingerprint density at radius 2 is 2.47 bits per heavy atom. The van der Waals surface area contributed by atoms with Gasteiger partial charge in [0.1, 0.15) is 0 Å². The van der Waals surface area contributed by atoms with Gasteiger partial charge in [-0.1, -0.05) is 0 Å². The first-order valence-corrected chi connectivity index (χ1v) is 5.60. The lowest BCUT2D eigenvalue weighted by Crippen LogP contribution is -2.25. The van der Waals surface area contributed by atoms with E-state index in [2.05, 4.69) is 15.2 Å². The van der Waals surface area contributed by atoms with Gasteiger partial charge in [-0.2, -0.15) is 0 Å². The molecule has 0 aromatic carbocycles. The fraction of sp³-hybridized carbons (Fsp3) is 0.556. The topological polar surface area (TPSA) is 71.2 Å². The molecule has 0 radical (unpaired) electrons. The summed E-state index contributed by atoms with van der Waals surface area (Å²) < 4.78 is 0.